The number of carbonyl (C=O) groups is 1. The Hall–Kier alpha value is -2.89. The molecule has 0 bridgehead atoms. The predicted molar refractivity (Wildman–Crippen MR) is 73.7 cm³/mol. The number of hydrogen-bond acceptors (Lipinski definition) is 4. The van der Waals surface area contributed by atoms with Gasteiger partial charge in [-0.1, -0.05) is 18.2 Å². The largest absolute Gasteiger partial charge is 0.492 e. The Morgan fingerprint density at radius 1 is 1.24 bits per heavy atom. The van der Waals surface area contributed by atoms with Gasteiger partial charge in [-0.3, -0.25) is 4.40 Å². The highest BCUT2D eigenvalue weighted by Gasteiger charge is 2.29. The first-order valence-corrected chi connectivity index (χ1v) is 6.54. The van der Waals surface area contributed by atoms with Gasteiger partial charge in [-0.25, -0.2) is 4.79 Å². The number of benzene rings is 1. The average molecular weight is 281 g/mol. The van der Waals surface area contributed by atoms with Crippen molar-refractivity contribution in [3.8, 4) is 5.75 Å². The SMILES string of the molecule is O=C(O)c1ccc2nnc(C3COc4ccccc43)n2c1. The van der Waals surface area contributed by atoms with Crippen LogP contribution in [0.3, 0.4) is 0 Å². The van der Waals surface area contributed by atoms with Crippen molar-refractivity contribution in [3.63, 3.8) is 0 Å². The Morgan fingerprint density at radius 2 is 2.10 bits per heavy atom. The van der Waals surface area contributed by atoms with Gasteiger partial charge in [0.1, 0.15) is 18.2 Å². The summed E-state index contributed by atoms with van der Waals surface area (Å²) >= 11 is 0. The van der Waals surface area contributed by atoms with E-state index in [0.717, 1.165) is 11.3 Å². The van der Waals surface area contributed by atoms with E-state index in [1.165, 1.54) is 6.07 Å². The van der Waals surface area contributed by atoms with Crippen LogP contribution in [-0.4, -0.2) is 32.3 Å². The van der Waals surface area contributed by atoms with E-state index in [4.69, 9.17) is 9.84 Å². The summed E-state index contributed by atoms with van der Waals surface area (Å²) in [5.74, 6) is 0.520. The quantitative estimate of drug-likeness (QED) is 0.777. The zero-order valence-corrected chi connectivity index (χ0v) is 10.9. The van der Waals surface area contributed by atoms with Crippen LogP contribution in [0.15, 0.2) is 42.6 Å². The number of ether oxygens (including phenoxy) is 1. The third-order valence-electron chi connectivity index (χ3n) is 3.69. The van der Waals surface area contributed by atoms with Gasteiger partial charge in [0.15, 0.2) is 5.65 Å². The maximum absolute atomic E-state index is 11.1. The van der Waals surface area contributed by atoms with Crippen molar-refractivity contribution in [2.45, 2.75) is 5.92 Å². The molecular formula is C15H11N3O3. The van der Waals surface area contributed by atoms with E-state index in [9.17, 15) is 4.79 Å². The summed E-state index contributed by atoms with van der Waals surface area (Å²) in [7, 11) is 0. The van der Waals surface area contributed by atoms with Crippen molar-refractivity contribution in [2.75, 3.05) is 6.61 Å². The van der Waals surface area contributed by atoms with Gasteiger partial charge in [0.25, 0.3) is 0 Å². The number of carboxylic acid groups (broad SMARTS) is 1. The molecule has 0 fully saturated rings. The lowest BCUT2D eigenvalue weighted by Gasteiger charge is -2.07. The topological polar surface area (TPSA) is 76.7 Å². The molecule has 0 radical (unpaired) electrons. The average Bonchev–Trinajstić information content (AvgIpc) is 3.09. The summed E-state index contributed by atoms with van der Waals surface area (Å²) in [4.78, 5) is 11.1. The lowest BCUT2D eigenvalue weighted by molar-refractivity contribution is 0.0696. The highest BCUT2D eigenvalue weighted by atomic mass is 16.5. The fourth-order valence-electron chi connectivity index (χ4n) is 2.65. The molecule has 104 valence electrons. The molecule has 3 aromatic rings. The van der Waals surface area contributed by atoms with Gasteiger partial charge in [0.05, 0.1) is 11.5 Å². The van der Waals surface area contributed by atoms with Crippen LogP contribution < -0.4 is 4.74 Å². The van der Waals surface area contributed by atoms with Gasteiger partial charge in [0, 0.05) is 11.8 Å². The smallest absolute Gasteiger partial charge is 0.337 e. The Kier molecular flexibility index (Phi) is 2.44. The molecule has 1 aliphatic heterocycles. The van der Waals surface area contributed by atoms with E-state index in [-0.39, 0.29) is 11.5 Å². The predicted octanol–water partition coefficient (Wildman–Crippen LogP) is 1.95. The maximum Gasteiger partial charge on any atom is 0.337 e. The van der Waals surface area contributed by atoms with Gasteiger partial charge >= 0.3 is 5.97 Å². The number of hydrogen-bond donors (Lipinski definition) is 1. The second-order valence-electron chi connectivity index (χ2n) is 4.91. The number of carboxylic acids is 1. The first kappa shape index (κ1) is 11.9. The van der Waals surface area contributed by atoms with E-state index < -0.39 is 5.97 Å². The van der Waals surface area contributed by atoms with E-state index in [1.807, 2.05) is 24.3 Å². The second-order valence-corrected chi connectivity index (χ2v) is 4.91. The fourth-order valence-corrected chi connectivity index (χ4v) is 2.65. The molecule has 6 nitrogen and oxygen atoms in total. The summed E-state index contributed by atoms with van der Waals surface area (Å²) in [6.45, 7) is 0.484. The van der Waals surface area contributed by atoms with Gasteiger partial charge in [0.2, 0.25) is 0 Å². The maximum atomic E-state index is 11.1. The van der Waals surface area contributed by atoms with Gasteiger partial charge in [-0.05, 0) is 18.2 Å². The highest BCUT2D eigenvalue weighted by Crippen LogP contribution is 2.37. The van der Waals surface area contributed by atoms with Gasteiger partial charge in [-0.15, -0.1) is 10.2 Å². The standard InChI is InChI=1S/C15H11N3O3/c19-15(20)9-5-6-13-16-17-14(18(13)7-9)11-8-21-12-4-2-1-3-10(11)12/h1-7,11H,8H2,(H,19,20). The molecule has 6 heteroatoms. The number of pyridine rings is 1. The van der Waals surface area contributed by atoms with E-state index in [2.05, 4.69) is 10.2 Å². The first-order chi connectivity index (χ1) is 10.2. The van der Waals surface area contributed by atoms with Crippen molar-refractivity contribution < 1.29 is 14.6 Å². The second kappa shape index (κ2) is 4.31. The van der Waals surface area contributed by atoms with Crippen LogP contribution >= 0.6 is 0 Å². The molecule has 1 atom stereocenters. The molecule has 0 amide bonds. The van der Waals surface area contributed by atoms with E-state index in [1.54, 1.807) is 16.7 Å². The monoisotopic (exact) mass is 281 g/mol. The van der Waals surface area contributed by atoms with E-state index >= 15 is 0 Å². The Balaban J connectivity index is 1.88. The minimum atomic E-state index is -0.973. The zero-order valence-electron chi connectivity index (χ0n) is 10.9. The zero-order chi connectivity index (χ0) is 14.4. The molecule has 4 rings (SSSR count). The van der Waals surface area contributed by atoms with Crippen LogP contribution in [0, 0.1) is 0 Å². The van der Waals surface area contributed by atoms with Crippen LogP contribution in [0.1, 0.15) is 27.7 Å². The van der Waals surface area contributed by atoms with Gasteiger partial charge < -0.3 is 9.84 Å². The molecule has 1 aromatic carbocycles. The highest BCUT2D eigenvalue weighted by molar-refractivity contribution is 5.87. The van der Waals surface area contributed by atoms with Crippen molar-refractivity contribution in [1.29, 1.82) is 0 Å². The minimum absolute atomic E-state index is 0.0414. The Bertz CT molecular complexity index is 856. The molecular weight excluding hydrogens is 270 g/mol. The van der Waals surface area contributed by atoms with Crippen LogP contribution in [0.2, 0.25) is 0 Å². The number of para-hydroxylation sites is 1. The lowest BCUT2D eigenvalue weighted by atomic mass is 10.0. The molecule has 0 saturated heterocycles. The normalized spacial score (nSPS) is 16.7. The van der Waals surface area contributed by atoms with Crippen LogP contribution in [0.25, 0.3) is 5.65 Å². The molecule has 1 aliphatic rings. The molecule has 0 saturated carbocycles. The summed E-state index contributed by atoms with van der Waals surface area (Å²) in [6.07, 6.45) is 1.55. The van der Waals surface area contributed by atoms with Crippen molar-refractivity contribution in [2.24, 2.45) is 0 Å². The number of rotatable bonds is 2. The number of nitrogens with zero attached hydrogens (tertiary/aromatic N) is 3. The van der Waals surface area contributed by atoms with Crippen LogP contribution in [0.5, 0.6) is 5.75 Å². The molecule has 21 heavy (non-hydrogen) atoms. The van der Waals surface area contributed by atoms with Crippen molar-refractivity contribution in [1.82, 2.24) is 14.6 Å². The minimum Gasteiger partial charge on any atom is -0.492 e. The van der Waals surface area contributed by atoms with Gasteiger partial charge in [-0.2, -0.15) is 0 Å². The molecule has 1 N–H and O–H groups in total. The molecule has 2 aromatic heterocycles. The van der Waals surface area contributed by atoms with Crippen molar-refractivity contribution >= 4 is 11.6 Å². The lowest BCUT2D eigenvalue weighted by Crippen LogP contribution is -2.08. The van der Waals surface area contributed by atoms with Crippen molar-refractivity contribution in [3.05, 3.63) is 59.5 Å². The summed E-state index contributed by atoms with van der Waals surface area (Å²) in [5.41, 5.74) is 1.88. The van der Waals surface area contributed by atoms with E-state index in [0.29, 0.717) is 18.1 Å². The number of aromatic nitrogens is 3. The molecule has 1 unspecified atom stereocenters. The summed E-state index contributed by atoms with van der Waals surface area (Å²) < 4.78 is 7.39. The molecule has 0 aliphatic carbocycles. The summed E-state index contributed by atoms with van der Waals surface area (Å²) in [6, 6.07) is 11.0. The fraction of sp³-hybridized carbons (Fsp3) is 0.133. The summed E-state index contributed by atoms with van der Waals surface area (Å²) in [5, 5.41) is 17.4. The third-order valence-corrected chi connectivity index (χ3v) is 3.69. The number of fused-ring (bicyclic) bond motifs is 2. The first-order valence-electron chi connectivity index (χ1n) is 6.54. The molecule has 0 spiro atoms. The third kappa shape index (κ3) is 1.76. The Morgan fingerprint density at radius 3 is 2.95 bits per heavy atom. The van der Waals surface area contributed by atoms with Crippen LogP contribution in [0.4, 0.5) is 0 Å². The Labute approximate surface area is 119 Å². The molecule has 3 heterocycles. The number of aromatic carboxylic acids is 1. The van der Waals surface area contributed by atoms with Crippen LogP contribution in [-0.2, 0) is 0 Å².